The van der Waals surface area contributed by atoms with Crippen LogP contribution in [-0.2, 0) is 7.05 Å². The van der Waals surface area contributed by atoms with Crippen molar-refractivity contribution in [2.24, 2.45) is 12.8 Å². The fourth-order valence-electron chi connectivity index (χ4n) is 3.12. The zero-order valence-electron chi connectivity index (χ0n) is 12.3. The van der Waals surface area contributed by atoms with E-state index in [1.54, 1.807) is 11.8 Å². The molecule has 0 aromatic carbocycles. The van der Waals surface area contributed by atoms with Crippen LogP contribution in [0.25, 0.3) is 0 Å². The normalized spacial score (nSPS) is 18.5. The van der Waals surface area contributed by atoms with E-state index in [-0.39, 0.29) is 6.04 Å². The predicted molar refractivity (Wildman–Crippen MR) is 76.3 cm³/mol. The lowest BCUT2D eigenvalue weighted by Crippen LogP contribution is -2.38. The van der Waals surface area contributed by atoms with Gasteiger partial charge in [0.2, 0.25) is 5.88 Å². The highest BCUT2D eigenvalue weighted by Crippen LogP contribution is 2.29. The number of nitrogens with two attached hydrogens (primary N) is 1. The molecule has 0 aliphatic heterocycles. The average Bonchev–Trinajstić information content (AvgIpc) is 2.71. The van der Waals surface area contributed by atoms with Gasteiger partial charge in [0.1, 0.15) is 0 Å². The van der Waals surface area contributed by atoms with E-state index < -0.39 is 0 Å². The van der Waals surface area contributed by atoms with Crippen LogP contribution in [0.4, 0.5) is 0 Å². The summed E-state index contributed by atoms with van der Waals surface area (Å²) in [6, 6.07) is 0.707. The zero-order chi connectivity index (χ0) is 13.8. The Kier molecular flexibility index (Phi) is 4.82. The lowest BCUT2D eigenvalue weighted by atomic mass is 9.94. The number of hydrogen-bond donors (Lipinski definition) is 2. The van der Waals surface area contributed by atoms with Crippen molar-refractivity contribution in [3.63, 3.8) is 0 Å². The number of rotatable bonds is 5. The number of aromatic nitrogens is 2. The first-order valence-corrected chi connectivity index (χ1v) is 7.21. The maximum absolute atomic E-state index is 5.97. The molecular weight excluding hydrogens is 240 g/mol. The molecule has 108 valence electrons. The molecule has 3 N–H and O–H groups in total. The first-order chi connectivity index (χ1) is 9.17. The van der Waals surface area contributed by atoms with E-state index >= 15 is 0 Å². The molecule has 0 bridgehead atoms. The monoisotopic (exact) mass is 266 g/mol. The van der Waals surface area contributed by atoms with Crippen molar-refractivity contribution in [2.45, 2.75) is 51.1 Å². The van der Waals surface area contributed by atoms with Crippen molar-refractivity contribution in [1.29, 1.82) is 0 Å². The Labute approximate surface area is 115 Å². The van der Waals surface area contributed by atoms with Gasteiger partial charge in [0.25, 0.3) is 0 Å². The largest absolute Gasteiger partial charge is 0.481 e. The molecule has 1 fully saturated rings. The van der Waals surface area contributed by atoms with E-state index in [0.29, 0.717) is 12.6 Å². The van der Waals surface area contributed by atoms with E-state index in [0.717, 1.165) is 17.1 Å². The standard InChI is InChI=1S/C14H26N4O/c1-10-13(14(19-3)18(2)17-10)12(9-15)16-11-7-5-4-6-8-11/h11-12,16H,4-9,15H2,1-3H3. The molecule has 0 saturated heterocycles. The molecule has 1 atom stereocenters. The fraction of sp³-hybridized carbons (Fsp3) is 0.786. The summed E-state index contributed by atoms with van der Waals surface area (Å²) in [5.41, 5.74) is 8.08. The second-order valence-electron chi connectivity index (χ2n) is 5.42. The molecule has 0 radical (unpaired) electrons. The first-order valence-electron chi connectivity index (χ1n) is 7.21. The minimum atomic E-state index is 0.131. The van der Waals surface area contributed by atoms with Crippen LogP contribution in [0, 0.1) is 6.92 Å². The molecule has 1 aromatic rings. The highest BCUT2D eigenvalue weighted by atomic mass is 16.5. The fourth-order valence-corrected chi connectivity index (χ4v) is 3.12. The molecule has 0 amide bonds. The molecule has 1 aromatic heterocycles. The Hall–Kier alpha value is -1.07. The Morgan fingerprint density at radius 2 is 2.11 bits per heavy atom. The van der Waals surface area contributed by atoms with E-state index in [2.05, 4.69) is 10.4 Å². The summed E-state index contributed by atoms with van der Waals surface area (Å²) >= 11 is 0. The highest BCUT2D eigenvalue weighted by Gasteiger charge is 2.25. The van der Waals surface area contributed by atoms with Gasteiger partial charge in [0, 0.05) is 19.6 Å². The summed E-state index contributed by atoms with van der Waals surface area (Å²) in [6.07, 6.45) is 6.49. The number of nitrogens with zero attached hydrogens (tertiary/aromatic N) is 2. The van der Waals surface area contributed by atoms with Gasteiger partial charge in [-0.05, 0) is 19.8 Å². The highest BCUT2D eigenvalue weighted by molar-refractivity contribution is 5.34. The Morgan fingerprint density at radius 1 is 1.42 bits per heavy atom. The number of aryl methyl sites for hydroxylation is 2. The van der Waals surface area contributed by atoms with Gasteiger partial charge in [-0.2, -0.15) is 5.10 Å². The summed E-state index contributed by atoms with van der Waals surface area (Å²) in [4.78, 5) is 0. The topological polar surface area (TPSA) is 65.1 Å². The van der Waals surface area contributed by atoms with E-state index in [4.69, 9.17) is 10.5 Å². The lowest BCUT2D eigenvalue weighted by molar-refractivity contribution is 0.327. The van der Waals surface area contributed by atoms with Gasteiger partial charge < -0.3 is 15.8 Å². The van der Waals surface area contributed by atoms with Crippen molar-refractivity contribution in [3.8, 4) is 5.88 Å². The minimum absolute atomic E-state index is 0.131. The SMILES string of the molecule is COc1c(C(CN)NC2CCCCC2)c(C)nn1C. The number of methoxy groups -OCH3 is 1. The van der Waals surface area contributed by atoms with Crippen molar-refractivity contribution in [3.05, 3.63) is 11.3 Å². The zero-order valence-corrected chi connectivity index (χ0v) is 12.3. The van der Waals surface area contributed by atoms with Crippen LogP contribution in [0.1, 0.15) is 49.4 Å². The molecule has 1 aliphatic rings. The average molecular weight is 266 g/mol. The second-order valence-corrected chi connectivity index (χ2v) is 5.42. The number of hydrogen-bond acceptors (Lipinski definition) is 4. The van der Waals surface area contributed by atoms with Gasteiger partial charge in [-0.3, -0.25) is 0 Å². The summed E-state index contributed by atoms with van der Waals surface area (Å²) in [6.45, 7) is 2.59. The van der Waals surface area contributed by atoms with Gasteiger partial charge >= 0.3 is 0 Å². The van der Waals surface area contributed by atoms with E-state index in [1.165, 1.54) is 32.1 Å². The Morgan fingerprint density at radius 3 is 2.68 bits per heavy atom. The van der Waals surface area contributed by atoms with Gasteiger partial charge in [0.15, 0.2) is 0 Å². The first kappa shape index (κ1) is 14.3. The molecule has 0 spiro atoms. The predicted octanol–water partition coefficient (Wildman–Crippen LogP) is 1.66. The second kappa shape index (κ2) is 6.39. The van der Waals surface area contributed by atoms with Gasteiger partial charge in [-0.25, -0.2) is 4.68 Å². The minimum Gasteiger partial charge on any atom is -0.481 e. The van der Waals surface area contributed by atoms with Crippen LogP contribution in [-0.4, -0.2) is 29.5 Å². The van der Waals surface area contributed by atoms with Crippen LogP contribution in [0.15, 0.2) is 0 Å². The number of ether oxygens (including phenoxy) is 1. The third-order valence-corrected chi connectivity index (χ3v) is 4.03. The van der Waals surface area contributed by atoms with Gasteiger partial charge in [0.05, 0.1) is 24.4 Å². The van der Waals surface area contributed by atoms with E-state index in [9.17, 15) is 0 Å². The summed E-state index contributed by atoms with van der Waals surface area (Å²) in [5.74, 6) is 0.816. The molecule has 2 rings (SSSR count). The van der Waals surface area contributed by atoms with E-state index in [1.807, 2.05) is 14.0 Å². The van der Waals surface area contributed by atoms with Gasteiger partial charge in [-0.15, -0.1) is 0 Å². The van der Waals surface area contributed by atoms with Crippen LogP contribution in [0.3, 0.4) is 0 Å². The molecule has 1 aliphatic carbocycles. The summed E-state index contributed by atoms with van der Waals surface area (Å²) < 4.78 is 7.26. The third kappa shape index (κ3) is 3.09. The smallest absolute Gasteiger partial charge is 0.216 e. The quantitative estimate of drug-likeness (QED) is 0.850. The molecular formula is C14H26N4O. The number of nitrogens with one attached hydrogen (secondary N) is 1. The van der Waals surface area contributed by atoms with Crippen molar-refractivity contribution < 1.29 is 4.74 Å². The third-order valence-electron chi connectivity index (χ3n) is 4.03. The summed E-state index contributed by atoms with van der Waals surface area (Å²) in [5, 5.41) is 8.13. The molecule has 1 heterocycles. The molecule has 19 heavy (non-hydrogen) atoms. The Bertz CT molecular complexity index is 410. The van der Waals surface area contributed by atoms with Crippen molar-refractivity contribution >= 4 is 0 Å². The van der Waals surface area contributed by atoms with Crippen LogP contribution >= 0.6 is 0 Å². The van der Waals surface area contributed by atoms with Crippen LogP contribution in [0.5, 0.6) is 5.88 Å². The van der Waals surface area contributed by atoms with Crippen LogP contribution in [0.2, 0.25) is 0 Å². The molecule has 1 saturated carbocycles. The van der Waals surface area contributed by atoms with Crippen LogP contribution < -0.4 is 15.8 Å². The lowest BCUT2D eigenvalue weighted by Gasteiger charge is -2.28. The molecule has 5 nitrogen and oxygen atoms in total. The summed E-state index contributed by atoms with van der Waals surface area (Å²) in [7, 11) is 3.59. The molecule has 1 unspecified atom stereocenters. The van der Waals surface area contributed by atoms with Crippen molar-refractivity contribution in [2.75, 3.05) is 13.7 Å². The van der Waals surface area contributed by atoms with Gasteiger partial charge in [-0.1, -0.05) is 19.3 Å². The van der Waals surface area contributed by atoms with Crippen molar-refractivity contribution in [1.82, 2.24) is 15.1 Å². The Balaban J connectivity index is 2.16. The maximum atomic E-state index is 5.97. The maximum Gasteiger partial charge on any atom is 0.216 e. The molecule has 5 heteroatoms.